The lowest BCUT2D eigenvalue weighted by Crippen LogP contribution is -2.29. The second kappa shape index (κ2) is 7.42. The fourth-order valence-corrected chi connectivity index (χ4v) is 3.40. The van der Waals surface area contributed by atoms with Gasteiger partial charge in [0.25, 0.3) is 0 Å². The number of benzene rings is 1. The first kappa shape index (κ1) is 17.2. The fraction of sp³-hybridized carbons (Fsp3) is 0.500. The van der Waals surface area contributed by atoms with Gasteiger partial charge in [-0.25, -0.2) is 9.24 Å². The summed E-state index contributed by atoms with van der Waals surface area (Å²) in [5, 5.41) is 0. The van der Waals surface area contributed by atoms with E-state index in [0.29, 0.717) is 6.54 Å². The van der Waals surface area contributed by atoms with E-state index < -0.39 is 7.75 Å². The van der Waals surface area contributed by atoms with Crippen LogP contribution in [0.25, 0.3) is 0 Å². The lowest BCUT2D eigenvalue weighted by atomic mass is 10.1. The molecule has 0 amide bonds. The van der Waals surface area contributed by atoms with Crippen molar-refractivity contribution in [3.05, 3.63) is 42.0 Å². The van der Waals surface area contributed by atoms with Crippen molar-refractivity contribution in [2.24, 2.45) is 0 Å². The third kappa shape index (κ3) is 4.20. The number of rotatable bonds is 6. The Balaban J connectivity index is 2.00. The molecule has 2 rings (SSSR count). The highest BCUT2D eigenvalue weighted by molar-refractivity contribution is 7.50. The predicted molar refractivity (Wildman–Crippen MR) is 90.2 cm³/mol. The number of nitrogens with zero attached hydrogens (tertiary/aromatic N) is 2. The minimum absolute atomic E-state index is 0.507. The van der Waals surface area contributed by atoms with Crippen molar-refractivity contribution in [1.82, 2.24) is 4.67 Å². The van der Waals surface area contributed by atoms with Crippen molar-refractivity contribution in [3.63, 3.8) is 0 Å². The van der Waals surface area contributed by atoms with E-state index in [0.717, 1.165) is 32.4 Å². The number of fused-ring (bicyclic) bond motifs is 1. The van der Waals surface area contributed by atoms with Crippen molar-refractivity contribution in [3.8, 4) is 0 Å². The Bertz CT molecular complexity index is 576. The van der Waals surface area contributed by atoms with Gasteiger partial charge in [-0.15, -0.1) is 0 Å². The van der Waals surface area contributed by atoms with Gasteiger partial charge in [-0.2, -0.15) is 0 Å². The summed E-state index contributed by atoms with van der Waals surface area (Å²) >= 11 is 0. The molecule has 22 heavy (non-hydrogen) atoms. The molecule has 5 nitrogen and oxygen atoms in total. The third-order valence-electron chi connectivity index (χ3n) is 4.07. The van der Waals surface area contributed by atoms with Crippen LogP contribution in [-0.4, -0.2) is 43.4 Å². The highest BCUT2D eigenvalue weighted by Crippen LogP contribution is 2.43. The van der Waals surface area contributed by atoms with Crippen LogP contribution >= 0.6 is 7.75 Å². The maximum absolute atomic E-state index is 11.7. The normalized spacial score (nSPS) is 18.0. The molecule has 0 saturated heterocycles. The second-order valence-corrected chi connectivity index (χ2v) is 7.74. The molecule has 1 aromatic carbocycles. The zero-order valence-corrected chi connectivity index (χ0v) is 14.3. The average Bonchev–Trinajstić information content (AvgIpc) is 2.67. The number of anilines is 1. The van der Waals surface area contributed by atoms with E-state index in [2.05, 4.69) is 40.3 Å². The second-order valence-electron chi connectivity index (χ2n) is 5.71. The first-order valence-corrected chi connectivity index (χ1v) is 9.06. The third-order valence-corrected chi connectivity index (χ3v) is 5.61. The van der Waals surface area contributed by atoms with Gasteiger partial charge in [0, 0.05) is 32.4 Å². The van der Waals surface area contributed by atoms with Gasteiger partial charge in [-0.05, 0) is 37.9 Å². The van der Waals surface area contributed by atoms with Crippen LogP contribution in [0, 0.1) is 0 Å². The topological polar surface area (TPSA) is 53.0 Å². The number of aryl methyl sites for hydroxylation is 1. The molecular formula is C16H25N2O3P. The van der Waals surface area contributed by atoms with Gasteiger partial charge < -0.3 is 14.3 Å². The molecule has 1 unspecified atom stereocenters. The van der Waals surface area contributed by atoms with Gasteiger partial charge in [-0.1, -0.05) is 30.4 Å². The molecule has 0 radical (unpaired) electrons. The smallest absolute Gasteiger partial charge is 0.367 e. The first-order chi connectivity index (χ1) is 10.4. The van der Waals surface area contributed by atoms with Gasteiger partial charge in [0.05, 0.1) is 0 Å². The summed E-state index contributed by atoms with van der Waals surface area (Å²) < 4.78 is 17.7. The van der Waals surface area contributed by atoms with Crippen LogP contribution in [0.3, 0.4) is 0 Å². The molecule has 1 heterocycles. The Kier molecular flexibility index (Phi) is 5.81. The lowest BCUT2D eigenvalue weighted by Gasteiger charge is -2.27. The Hall–Kier alpha value is -1.13. The minimum atomic E-state index is -3.62. The molecule has 1 atom stereocenters. The molecule has 0 aromatic heterocycles. The SMILES string of the molecule is C=C1CCc2ccccc2N(CCCN(C)P(=O)(O)OC)C1. The van der Waals surface area contributed by atoms with Crippen LogP contribution in [-0.2, 0) is 15.5 Å². The van der Waals surface area contributed by atoms with Crippen LogP contribution in [0.1, 0.15) is 18.4 Å². The Morgan fingerprint density at radius 2 is 2.14 bits per heavy atom. The molecule has 1 N–H and O–H groups in total. The van der Waals surface area contributed by atoms with E-state index in [1.54, 1.807) is 7.05 Å². The fourth-order valence-electron chi connectivity index (χ4n) is 2.73. The van der Waals surface area contributed by atoms with Gasteiger partial charge in [0.1, 0.15) is 0 Å². The average molecular weight is 324 g/mol. The van der Waals surface area contributed by atoms with Gasteiger partial charge in [0.2, 0.25) is 0 Å². The van der Waals surface area contributed by atoms with Crippen LogP contribution in [0.4, 0.5) is 5.69 Å². The maximum atomic E-state index is 11.7. The van der Waals surface area contributed by atoms with E-state index in [-0.39, 0.29) is 0 Å². The molecule has 1 aliphatic rings. The lowest BCUT2D eigenvalue weighted by molar-refractivity contribution is 0.251. The molecule has 0 aliphatic carbocycles. The van der Waals surface area contributed by atoms with Gasteiger partial charge in [-0.3, -0.25) is 0 Å². The number of hydrogen-bond donors (Lipinski definition) is 1. The van der Waals surface area contributed by atoms with Crippen LogP contribution in [0.2, 0.25) is 0 Å². The quantitative estimate of drug-likeness (QED) is 0.644. The molecule has 0 saturated carbocycles. The zero-order chi connectivity index (χ0) is 16.2. The molecular weight excluding hydrogens is 299 g/mol. The Morgan fingerprint density at radius 3 is 2.86 bits per heavy atom. The molecule has 1 aliphatic heterocycles. The van der Waals surface area contributed by atoms with E-state index in [4.69, 9.17) is 0 Å². The van der Waals surface area contributed by atoms with Crippen molar-refractivity contribution < 1.29 is 14.0 Å². The van der Waals surface area contributed by atoms with E-state index >= 15 is 0 Å². The van der Waals surface area contributed by atoms with Crippen LogP contribution in [0.15, 0.2) is 36.4 Å². The Labute approximate surface area is 132 Å². The van der Waals surface area contributed by atoms with Crippen molar-refractivity contribution in [1.29, 1.82) is 0 Å². The zero-order valence-electron chi connectivity index (χ0n) is 13.4. The van der Waals surface area contributed by atoms with E-state index in [1.807, 2.05) is 0 Å². The summed E-state index contributed by atoms with van der Waals surface area (Å²) in [7, 11) is -0.757. The summed E-state index contributed by atoms with van der Waals surface area (Å²) in [6.07, 6.45) is 2.83. The van der Waals surface area contributed by atoms with Crippen molar-refractivity contribution in [2.45, 2.75) is 19.3 Å². The number of hydrogen-bond acceptors (Lipinski definition) is 3. The standard InChI is InChI=1S/C16H25N2O3P/c1-14-9-10-15-7-4-5-8-16(15)18(13-14)12-6-11-17(2)22(19,20)21-3/h4-5,7-8H,1,6,9-13H2,2-3H3,(H,19,20). The monoisotopic (exact) mass is 324 g/mol. The van der Waals surface area contributed by atoms with E-state index in [1.165, 1.54) is 28.6 Å². The molecule has 0 fully saturated rings. The molecule has 0 bridgehead atoms. The number of para-hydroxylation sites is 1. The molecule has 1 aromatic rings. The first-order valence-electron chi connectivity index (χ1n) is 7.53. The summed E-state index contributed by atoms with van der Waals surface area (Å²) in [5.41, 5.74) is 3.83. The van der Waals surface area contributed by atoms with Crippen molar-refractivity contribution >= 4 is 13.4 Å². The molecule has 122 valence electrons. The van der Waals surface area contributed by atoms with Crippen LogP contribution < -0.4 is 4.90 Å². The van der Waals surface area contributed by atoms with Crippen LogP contribution in [0.5, 0.6) is 0 Å². The summed E-state index contributed by atoms with van der Waals surface area (Å²) in [4.78, 5) is 11.9. The summed E-state index contributed by atoms with van der Waals surface area (Å²) in [6.45, 7) is 6.33. The Morgan fingerprint density at radius 1 is 1.41 bits per heavy atom. The van der Waals surface area contributed by atoms with Gasteiger partial charge in [0.15, 0.2) is 0 Å². The predicted octanol–water partition coefficient (Wildman–Crippen LogP) is 3.06. The summed E-state index contributed by atoms with van der Waals surface area (Å²) in [5.74, 6) is 0. The van der Waals surface area contributed by atoms with Gasteiger partial charge >= 0.3 is 7.75 Å². The van der Waals surface area contributed by atoms with E-state index in [9.17, 15) is 9.46 Å². The molecule has 6 heteroatoms. The highest BCUT2D eigenvalue weighted by Gasteiger charge is 2.24. The minimum Gasteiger partial charge on any atom is -0.367 e. The maximum Gasteiger partial charge on any atom is 0.405 e. The highest BCUT2D eigenvalue weighted by atomic mass is 31.2. The molecule has 0 spiro atoms. The summed E-state index contributed by atoms with van der Waals surface area (Å²) in [6, 6.07) is 8.43. The van der Waals surface area contributed by atoms with Crippen molar-refractivity contribution in [2.75, 3.05) is 38.7 Å². The largest absolute Gasteiger partial charge is 0.405 e.